The maximum Gasteiger partial charge on any atom is 0.230 e. The van der Waals surface area contributed by atoms with Crippen molar-refractivity contribution in [1.29, 1.82) is 0 Å². The Hall–Kier alpha value is -2.60. The van der Waals surface area contributed by atoms with Crippen LogP contribution in [0.4, 0.5) is 0 Å². The fraction of sp³-hybridized carbons (Fsp3) is 0.211. The Balaban J connectivity index is 1.45. The molecule has 0 saturated heterocycles. The average Bonchev–Trinajstić information content (AvgIpc) is 3.15. The quantitative estimate of drug-likeness (QED) is 0.710. The van der Waals surface area contributed by atoms with Crippen LogP contribution in [0.3, 0.4) is 0 Å². The van der Waals surface area contributed by atoms with Gasteiger partial charge in [0.1, 0.15) is 0 Å². The molecule has 2 aromatic heterocycles. The Kier molecular flexibility index (Phi) is 5.85. The third-order valence-electron chi connectivity index (χ3n) is 3.62. The van der Waals surface area contributed by atoms with Crippen LogP contribution in [0, 0.1) is 6.92 Å². The SMILES string of the molecule is Cc1cccc(CSCC(=O)NCc2ccnc(-n3cccn3)c2)c1. The lowest BCUT2D eigenvalue weighted by Gasteiger charge is -2.07. The molecule has 0 aliphatic rings. The van der Waals surface area contributed by atoms with Gasteiger partial charge in [-0.25, -0.2) is 9.67 Å². The lowest BCUT2D eigenvalue weighted by atomic mass is 10.2. The Morgan fingerprint density at radius 2 is 2.08 bits per heavy atom. The molecule has 1 N–H and O–H groups in total. The Morgan fingerprint density at radius 1 is 1.16 bits per heavy atom. The lowest BCUT2D eigenvalue weighted by molar-refractivity contribution is -0.118. The predicted molar refractivity (Wildman–Crippen MR) is 101 cm³/mol. The van der Waals surface area contributed by atoms with E-state index in [1.54, 1.807) is 28.8 Å². The van der Waals surface area contributed by atoms with Crippen LogP contribution in [-0.4, -0.2) is 26.4 Å². The molecule has 0 spiro atoms. The fourth-order valence-corrected chi connectivity index (χ4v) is 3.22. The van der Waals surface area contributed by atoms with Gasteiger partial charge in [-0.05, 0) is 36.2 Å². The van der Waals surface area contributed by atoms with Gasteiger partial charge < -0.3 is 5.32 Å². The van der Waals surface area contributed by atoms with Crippen molar-refractivity contribution in [3.05, 3.63) is 77.7 Å². The number of nitrogens with one attached hydrogen (secondary N) is 1. The number of aromatic nitrogens is 3. The number of aryl methyl sites for hydroxylation is 1. The molecule has 1 amide bonds. The Labute approximate surface area is 151 Å². The molecular weight excluding hydrogens is 332 g/mol. The maximum absolute atomic E-state index is 12.0. The summed E-state index contributed by atoms with van der Waals surface area (Å²) < 4.78 is 1.70. The number of hydrogen-bond donors (Lipinski definition) is 1. The minimum Gasteiger partial charge on any atom is -0.351 e. The standard InChI is InChI=1S/C19H20N4OS/c1-15-4-2-5-17(10-15)13-25-14-19(24)21-12-16-6-8-20-18(11-16)23-9-3-7-22-23/h2-11H,12-14H2,1H3,(H,21,24). The van der Waals surface area contributed by atoms with Gasteiger partial charge in [0.25, 0.3) is 0 Å². The zero-order chi connectivity index (χ0) is 17.5. The van der Waals surface area contributed by atoms with Crippen molar-refractivity contribution in [3.63, 3.8) is 0 Å². The van der Waals surface area contributed by atoms with Crippen LogP contribution in [0.25, 0.3) is 5.82 Å². The zero-order valence-corrected chi connectivity index (χ0v) is 14.9. The Bertz CT molecular complexity index is 833. The number of carbonyl (C=O) groups is 1. The van der Waals surface area contributed by atoms with Crippen LogP contribution < -0.4 is 5.32 Å². The van der Waals surface area contributed by atoms with Crippen molar-refractivity contribution in [2.24, 2.45) is 0 Å². The molecule has 0 fully saturated rings. The number of pyridine rings is 1. The summed E-state index contributed by atoms with van der Waals surface area (Å²) in [6.07, 6.45) is 5.28. The fourth-order valence-electron chi connectivity index (χ4n) is 2.42. The van der Waals surface area contributed by atoms with Gasteiger partial charge in [-0.15, -0.1) is 11.8 Å². The zero-order valence-electron chi connectivity index (χ0n) is 14.1. The van der Waals surface area contributed by atoms with E-state index in [4.69, 9.17) is 0 Å². The Morgan fingerprint density at radius 3 is 2.88 bits per heavy atom. The van der Waals surface area contributed by atoms with Crippen LogP contribution in [0.15, 0.2) is 61.1 Å². The summed E-state index contributed by atoms with van der Waals surface area (Å²) in [5.41, 5.74) is 3.49. The van der Waals surface area contributed by atoms with E-state index >= 15 is 0 Å². The molecule has 128 valence electrons. The number of benzene rings is 1. The molecule has 25 heavy (non-hydrogen) atoms. The summed E-state index contributed by atoms with van der Waals surface area (Å²) in [4.78, 5) is 16.3. The first-order valence-corrected chi connectivity index (χ1v) is 9.21. The molecule has 0 saturated carbocycles. The number of hydrogen-bond acceptors (Lipinski definition) is 4. The highest BCUT2D eigenvalue weighted by Gasteiger charge is 2.04. The van der Waals surface area contributed by atoms with E-state index in [0.29, 0.717) is 12.3 Å². The van der Waals surface area contributed by atoms with Crippen molar-refractivity contribution in [1.82, 2.24) is 20.1 Å². The van der Waals surface area contributed by atoms with Crippen molar-refractivity contribution in [2.45, 2.75) is 19.2 Å². The molecule has 5 nitrogen and oxygen atoms in total. The summed E-state index contributed by atoms with van der Waals surface area (Å²) >= 11 is 1.62. The van der Waals surface area contributed by atoms with Crippen molar-refractivity contribution in [3.8, 4) is 5.82 Å². The first-order valence-electron chi connectivity index (χ1n) is 8.05. The third-order valence-corrected chi connectivity index (χ3v) is 4.63. The van der Waals surface area contributed by atoms with Gasteiger partial charge in [0.05, 0.1) is 5.75 Å². The van der Waals surface area contributed by atoms with E-state index in [1.165, 1.54) is 11.1 Å². The van der Waals surface area contributed by atoms with Gasteiger partial charge in [0.2, 0.25) is 5.91 Å². The van der Waals surface area contributed by atoms with E-state index < -0.39 is 0 Å². The highest BCUT2D eigenvalue weighted by Crippen LogP contribution is 2.13. The lowest BCUT2D eigenvalue weighted by Crippen LogP contribution is -2.24. The van der Waals surface area contributed by atoms with Gasteiger partial charge in [0.15, 0.2) is 5.82 Å². The summed E-state index contributed by atoms with van der Waals surface area (Å²) in [6, 6.07) is 14.0. The second-order valence-electron chi connectivity index (χ2n) is 5.73. The molecule has 0 aliphatic heterocycles. The van der Waals surface area contributed by atoms with Crippen molar-refractivity contribution < 1.29 is 4.79 Å². The second-order valence-corrected chi connectivity index (χ2v) is 6.72. The summed E-state index contributed by atoms with van der Waals surface area (Å²) in [5.74, 6) is 2.07. The molecule has 0 unspecified atom stereocenters. The van der Waals surface area contributed by atoms with Gasteiger partial charge >= 0.3 is 0 Å². The average molecular weight is 352 g/mol. The largest absolute Gasteiger partial charge is 0.351 e. The normalized spacial score (nSPS) is 10.6. The highest BCUT2D eigenvalue weighted by molar-refractivity contribution is 7.99. The molecule has 3 aromatic rings. The van der Waals surface area contributed by atoms with Crippen LogP contribution >= 0.6 is 11.8 Å². The minimum absolute atomic E-state index is 0.0371. The number of nitrogens with zero attached hydrogens (tertiary/aromatic N) is 3. The predicted octanol–water partition coefficient (Wildman–Crippen LogP) is 3.13. The molecular formula is C19H20N4OS. The van der Waals surface area contributed by atoms with E-state index in [2.05, 4.69) is 40.5 Å². The summed E-state index contributed by atoms with van der Waals surface area (Å²) in [6.45, 7) is 2.56. The second kappa shape index (κ2) is 8.48. The van der Waals surface area contributed by atoms with Gasteiger partial charge in [-0.3, -0.25) is 4.79 Å². The number of amides is 1. The van der Waals surface area contributed by atoms with Crippen LogP contribution in [-0.2, 0) is 17.1 Å². The molecule has 1 aromatic carbocycles. The first kappa shape index (κ1) is 17.2. The molecule has 0 aliphatic carbocycles. The van der Waals surface area contributed by atoms with Crippen molar-refractivity contribution in [2.75, 3.05) is 5.75 Å². The minimum atomic E-state index is 0.0371. The third kappa shape index (κ3) is 5.19. The van der Waals surface area contributed by atoms with Crippen molar-refractivity contribution >= 4 is 17.7 Å². The van der Waals surface area contributed by atoms with Crippen LogP contribution in [0.2, 0.25) is 0 Å². The molecule has 3 rings (SSSR count). The maximum atomic E-state index is 12.0. The van der Waals surface area contributed by atoms with E-state index in [-0.39, 0.29) is 5.91 Å². The number of thioether (sulfide) groups is 1. The first-order chi connectivity index (χ1) is 12.2. The monoisotopic (exact) mass is 352 g/mol. The van der Waals surface area contributed by atoms with Crippen LogP contribution in [0.5, 0.6) is 0 Å². The van der Waals surface area contributed by atoms with Gasteiger partial charge in [-0.1, -0.05) is 29.8 Å². The molecule has 0 bridgehead atoms. The number of carbonyl (C=O) groups excluding carboxylic acids is 1. The van der Waals surface area contributed by atoms with E-state index in [0.717, 1.165) is 17.1 Å². The number of rotatable bonds is 7. The summed E-state index contributed by atoms with van der Waals surface area (Å²) in [5, 5.41) is 7.11. The molecule has 0 radical (unpaired) electrons. The van der Waals surface area contributed by atoms with Gasteiger partial charge in [-0.2, -0.15) is 5.10 Å². The molecule has 0 atom stereocenters. The highest BCUT2D eigenvalue weighted by atomic mass is 32.2. The molecule has 6 heteroatoms. The molecule has 2 heterocycles. The van der Waals surface area contributed by atoms with Gasteiger partial charge in [0, 0.05) is 30.9 Å². The topological polar surface area (TPSA) is 59.8 Å². The smallest absolute Gasteiger partial charge is 0.230 e. The van der Waals surface area contributed by atoms with E-state index in [9.17, 15) is 4.79 Å². The summed E-state index contributed by atoms with van der Waals surface area (Å²) in [7, 11) is 0. The van der Waals surface area contributed by atoms with Crippen LogP contribution in [0.1, 0.15) is 16.7 Å². The van der Waals surface area contributed by atoms with E-state index in [1.807, 2.05) is 30.5 Å².